The van der Waals surface area contributed by atoms with Gasteiger partial charge in [0.05, 0.1) is 12.0 Å². The highest BCUT2D eigenvalue weighted by Crippen LogP contribution is 2.25. The number of aromatic nitrogens is 4. The van der Waals surface area contributed by atoms with Gasteiger partial charge in [-0.15, -0.1) is 10.2 Å². The molecule has 8 nitrogen and oxygen atoms in total. The van der Waals surface area contributed by atoms with Crippen molar-refractivity contribution in [2.75, 3.05) is 5.32 Å². The maximum absolute atomic E-state index is 9.15. The fraction of sp³-hybridized carbons (Fsp3) is 0.0667. The van der Waals surface area contributed by atoms with Crippen LogP contribution in [0, 0.1) is 11.3 Å². The maximum atomic E-state index is 9.15. The van der Waals surface area contributed by atoms with Gasteiger partial charge in [0.2, 0.25) is 5.82 Å². The van der Waals surface area contributed by atoms with Crippen molar-refractivity contribution < 1.29 is 9.15 Å². The van der Waals surface area contributed by atoms with Crippen LogP contribution < -0.4 is 10.1 Å². The van der Waals surface area contributed by atoms with Gasteiger partial charge in [-0.2, -0.15) is 10.5 Å². The monoisotopic (exact) mass is 308 g/mol. The van der Waals surface area contributed by atoms with Gasteiger partial charge in [0.1, 0.15) is 29.8 Å². The second-order valence-corrected chi connectivity index (χ2v) is 4.41. The molecule has 8 heteroatoms. The number of ether oxygens (including phenoxy) is 1. The van der Waals surface area contributed by atoms with Crippen molar-refractivity contribution in [3.8, 4) is 11.8 Å². The summed E-state index contributed by atoms with van der Waals surface area (Å²) >= 11 is 0. The molecule has 0 fully saturated rings. The molecule has 0 radical (unpaired) electrons. The van der Waals surface area contributed by atoms with Crippen molar-refractivity contribution >= 4 is 11.3 Å². The Balaban J connectivity index is 1.74. The minimum absolute atomic E-state index is 0.217. The summed E-state index contributed by atoms with van der Waals surface area (Å²) in [4.78, 5) is 0. The molecule has 23 heavy (non-hydrogen) atoms. The quantitative estimate of drug-likeness (QED) is 0.672. The lowest BCUT2D eigenvalue weighted by Crippen LogP contribution is -1.99. The smallest absolute Gasteiger partial charge is 0.216 e. The number of tetrazole rings is 1. The van der Waals surface area contributed by atoms with Gasteiger partial charge in [0.25, 0.3) is 0 Å². The summed E-state index contributed by atoms with van der Waals surface area (Å²) in [5.74, 6) is 1.57. The fourth-order valence-corrected chi connectivity index (χ4v) is 1.83. The molecule has 2 aromatic heterocycles. The van der Waals surface area contributed by atoms with E-state index in [0.717, 1.165) is 5.76 Å². The predicted octanol–water partition coefficient (Wildman–Crippen LogP) is 2.35. The van der Waals surface area contributed by atoms with Crippen molar-refractivity contribution in [1.29, 1.82) is 5.26 Å². The minimum atomic E-state index is 0.217. The Kier molecular flexibility index (Phi) is 4.31. The number of furan rings is 1. The van der Waals surface area contributed by atoms with Crippen LogP contribution in [0.1, 0.15) is 11.6 Å². The van der Waals surface area contributed by atoms with Gasteiger partial charge in [-0.3, -0.25) is 0 Å². The molecule has 0 atom stereocenters. The molecule has 2 N–H and O–H groups in total. The Morgan fingerprint density at radius 3 is 3.00 bits per heavy atom. The Morgan fingerprint density at radius 2 is 2.26 bits per heavy atom. The van der Waals surface area contributed by atoms with E-state index in [-0.39, 0.29) is 11.4 Å². The molecule has 2 heterocycles. The van der Waals surface area contributed by atoms with Crippen LogP contribution in [0.2, 0.25) is 0 Å². The van der Waals surface area contributed by atoms with Crippen molar-refractivity contribution in [1.82, 2.24) is 20.6 Å². The van der Waals surface area contributed by atoms with Gasteiger partial charge in [0.15, 0.2) is 0 Å². The highest BCUT2D eigenvalue weighted by Gasteiger charge is 2.07. The molecule has 0 bridgehead atoms. The molecule has 0 saturated carbocycles. The first-order chi connectivity index (χ1) is 11.4. The number of hydrogen-bond acceptors (Lipinski definition) is 7. The van der Waals surface area contributed by atoms with Crippen LogP contribution in [0.25, 0.3) is 5.57 Å². The van der Waals surface area contributed by atoms with Crippen LogP contribution in [-0.2, 0) is 6.61 Å². The van der Waals surface area contributed by atoms with Crippen molar-refractivity contribution in [3.05, 3.63) is 60.4 Å². The Hall–Kier alpha value is -3.60. The standard InChI is InChI=1S/C15H12N6O2/c16-8-11(15-18-20-21-19-15)9-17-13-5-1-2-6-14(13)23-10-12-4-3-7-22-12/h1-7,9,17H,10H2,(H,18,19,20,21). The van der Waals surface area contributed by atoms with Gasteiger partial charge >= 0.3 is 0 Å². The van der Waals surface area contributed by atoms with E-state index in [0.29, 0.717) is 18.0 Å². The first-order valence-electron chi connectivity index (χ1n) is 6.71. The third-order valence-electron chi connectivity index (χ3n) is 2.92. The molecule has 0 spiro atoms. The number of allylic oxidation sites excluding steroid dienone is 1. The topological polar surface area (TPSA) is 113 Å². The van der Waals surface area contributed by atoms with Crippen molar-refractivity contribution in [2.24, 2.45) is 0 Å². The third kappa shape index (κ3) is 3.54. The molecule has 3 rings (SSSR count). The summed E-state index contributed by atoms with van der Waals surface area (Å²) in [6, 6.07) is 13.0. The number of rotatable bonds is 6. The number of nitrogens with one attached hydrogen (secondary N) is 2. The number of benzene rings is 1. The summed E-state index contributed by atoms with van der Waals surface area (Å²) in [6.07, 6.45) is 3.09. The van der Waals surface area contributed by atoms with Gasteiger partial charge in [-0.05, 0) is 29.5 Å². The zero-order valence-electron chi connectivity index (χ0n) is 11.9. The van der Waals surface area contributed by atoms with Crippen LogP contribution in [-0.4, -0.2) is 20.6 Å². The highest BCUT2D eigenvalue weighted by atomic mass is 16.5. The molecule has 0 aliphatic heterocycles. The number of aromatic amines is 1. The predicted molar refractivity (Wildman–Crippen MR) is 80.9 cm³/mol. The van der Waals surface area contributed by atoms with E-state index in [2.05, 4.69) is 25.9 Å². The molecule has 114 valence electrons. The second kappa shape index (κ2) is 6.91. The SMILES string of the molecule is N#CC(=CNc1ccccc1OCc1ccco1)c1nn[nH]n1. The fourth-order valence-electron chi connectivity index (χ4n) is 1.83. The number of anilines is 1. The highest BCUT2D eigenvalue weighted by molar-refractivity contribution is 5.74. The molecular weight excluding hydrogens is 296 g/mol. The lowest BCUT2D eigenvalue weighted by Gasteiger charge is -2.10. The number of nitrogens with zero attached hydrogens (tertiary/aromatic N) is 4. The molecular formula is C15H12N6O2. The third-order valence-corrected chi connectivity index (χ3v) is 2.92. The van der Waals surface area contributed by atoms with Crippen LogP contribution in [0.15, 0.2) is 53.3 Å². The molecule has 3 aromatic rings. The lowest BCUT2D eigenvalue weighted by atomic mass is 10.2. The summed E-state index contributed by atoms with van der Waals surface area (Å²) in [6.45, 7) is 0.311. The largest absolute Gasteiger partial charge is 0.483 e. The Morgan fingerprint density at radius 1 is 1.35 bits per heavy atom. The molecule has 0 unspecified atom stereocenters. The van der Waals surface area contributed by atoms with Crippen LogP contribution in [0.5, 0.6) is 5.75 Å². The van der Waals surface area contributed by atoms with E-state index < -0.39 is 0 Å². The number of para-hydroxylation sites is 2. The Bertz CT molecular complexity index is 818. The summed E-state index contributed by atoms with van der Waals surface area (Å²) in [5.41, 5.74) is 0.954. The van der Waals surface area contributed by atoms with Crippen molar-refractivity contribution in [3.63, 3.8) is 0 Å². The zero-order chi connectivity index (χ0) is 15.9. The minimum Gasteiger partial charge on any atom is -0.483 e. The van der Waals surface area contributed by atoms with E-state index >= 15 is 0 Å². The molecule has 0 aliphatic carbocycles. The van der Waals surface area contributed by atoms with Crippen LogP contribution in [0.3, 0.4) is 0 Å². The average molecular weight is 308 g/mol. The van der Waals surface area contributed by atoms with E-state index in [1.54, 1.807) is 12.3 Å². The van der Waals surface area contributed by atoms with Crippen LogP contribution in [0.4, 0.5) is 5.69 Å². The number of nitriles is 1. The van der Waals surface area contributed by atoms with E-state index in [9.17, 15) is 0 Å². The second-order valence-electron chi connectivity index (χ2n) is 4.41. The lowest BCUT2D eigenvalue weighted by molar-refractivity contribution is 0.271. The average Bonchev–Trinajstić information content (AvgIpc) is 3.28. The van der Waals surface area contributed by atoms with Gasteiger partial charge < -0.3 is 14.5 Å². The molecule has 1 aromatic carbocycles. The molecule has 0 amide bonds. The van der Waals surface area contributed by atoms with E-state index in [1.165, 1.54) is 6.20 Å². The van der Waals surface area contributed by atoms with E-state index in [4.69, 9.17) is 14.4 Å². The number of hydrogen-bond donors (Lipinski definition) is 2. The summed E-state index contributed by atoms with van der Waals surface area (Å²) < 4.78 is 11.0. The normalized spacial score (nSPS) is 11.0. The van der Waals surface area contributed by atoms with Gasteiger partial charge in [-0.1, -0.05) is 12.1 Å². The van der Waals surface area contributed by atoms with Crippen LogP contribution >= 0.6 is 0 Å². The first kappa shape index (κ1) is 14.3. The first-order valence-corrected chi connectivity index (χ1v) is 6.71. The zero-order valence-corrected chi connectivity index (χ0v) is 11.9. The summed E-state index contributed by atoms with van der Waals surface area (Å²) in [5, 5.41) is 25.4. The number of H-pyrrole nitrogens is 1. The Labute approximate surface area is 131 Å². The molecule has 0 saturated heterocycles. The van der Waals surface area contributed by atoms with E-state index in [1.807, 2.05) is 36.4 Å². The maximum Gasteiger partial charge on any atom is 0.216 e. The molecule has 0 aliphatic rings. The van der Waals surface area contributed by atoms with Gasteiger partial charge in [-0.25, -0.2) is 0 Å². The van der Waals surface area contributed by atoms with Gasteiger partial charge in [0, 0.05) is 6.20 Å². The summed E-state index contributed by atoms with van der Waals surface area (Å²) in [7, 11) is 0. The van der Waals surface area contributed by atoms with Crippen molar-refractivity contribution in [2.45, 2.75) is 6.61 Å².